The summed E-state index contributed by atoms with van der Waals surface area (Å²) in [6.45, 7) is 4.09. The van der Waals surface area contributed by atoms with Crippen LogP contribution in [0.15, 0.2) is 41.9 Å². The number of benzene rings is 1. The van der Waals surface area contributed by atoms with Crippen LogP contribution in [0.4, 0.5) is 5.69 Å². The van der Waals surface area contributed by atoms with Gasteiger partial charge in [0.1, 0.15) is 0 Å². The van der Waals surface area contributed by atoms with Crippen molar-refractivity contribution >= 4 is 28.4 Å². The lowest BCUT2D eigenvalue weighted by Crippen LogP contribution is -2.08. The molecule has 4 nitrogen and oxygen atoms in total. The Hall–Kier alpha value is -2.01. The van der Waals surface area contributed by atoms with Crippen LogP contribution < -0.4 is 5.32 Å². The molecule has 0 radical (unpaired) electrons. The fourth-order valence-corrected chi connectivity index (χ4v) is 4.27. The summed E-state index contributed by atoms with van der Waals surface area (Å²) in [6, 6.07) is 4.38. The molecule has 0 saturated heterocycles. The van der Waals surface area contributed by atoms with E-state index in [1.807, 2.05) is 36.7 Å². The van der Waals surface area contributed by atoms with Crippen LogP contribution in [-0.4, -0.2) is 26.8 Å². The number of aromatic nitrogens is 3. The first kappa shape index (κ1) is 14.6. The van der Waals surface area contributed by atoms with Crippen molar-refractivity contribution in [1.82, 2.24) is 14.5 Å². The van der Waals surface area contributed by atoms with Gasteiger partial charge in [-0.05, 0) is 43.0 Å². The Morgan fingerprint density at radius 1 is 1.35 bits per heavy atom. The van der Waals surface area contributed by atoms with Crippen LogP contribution >= 0.6 is 11.8 Å². The summed E-state index contributed by atoms with van der Waals surface area (Å²) >= 11 is 1.96. The van der Waals surface area contributed by atoms with Gasteiger partial charge < -0.3 is 9.88 Å². The fraction of sp³-hybridized carbons (Fsp3) is 0.333. The number of fused-ring (bicyclic) bond motifs is 3. The van der Waals surface area contributed by atoms with Crippen molar-refractivity contribution in [3.8, 4) is 0 Å². The van der Waals surface area contributed by atoms with E-state index in [2.05, 4.69) is 38.9 Å². The van der Waals surface area contributed by atoms with Crippen LogP contribution in [0.25, 0.3) is 10.9 Å². The van der Waals surface area contributed by atoms with Crippen molar-refractivity contribution in [2.75, 3.05) is 17.6 Å². The molecular weight excluding hydrogens is 304 g/mol. The normalized spacial score (nSPS) is 13.4. The number of hydrogen-bond donors (Lipinski definition) is 1. The number of rotatable bonds is 5. The maximum atomic E-state index is 4.63. The molecule has 1 aliphatic rings. The van der Waals surface area contributed by atoms with Crippen LogP contribution in [-0.2, 0) is 13.0 Å². The zero-order valence-corrected chi connectivity index (χ0v) is 14.1. The molecule has 0 fully saturated rings. The zero-order valence-electron chi connectivity index (χ0n) is 13.2. The number of thioether (sulfide) groups is 1. The highest BCUT2D eigenvalue weighted by Crippen LogP contribution is 2.39. The molecule has 118 valence electrons. The second-order valence-electron chi connectivity index (χ2n) is 5.93. The summed E-state index contributed by atoms with van der Waals surface area (Å²) in [7, 11) is 0. The maximum absolute atomic E-state index is 4.63. The lowest BCUT2D eigenvalue weighted by atomic mass is 10.0. The monoisotopic (exact) mass is 324 g/mol. The molecule has 1 aliphatic heterocycles. The zero-order chi connectivity index (χ0) is 15.6. The molecule has 0 saturated carbocycles. The summed E-state index contributed by atoms with van der Waals surface area (Å²) in [6.07, 6.45) is 9.91. The molecule has 2 aromatic heterocycles. The first-order valence-electron chi connectivity index (χ1n) is 8.06. The summed E-state index contributed by atoms with van der Waals surface area (Å²) in [5.74, 6) is 1.18. The summed E-state index contributed by atoms with van der Waals surface area (Å²) in [5, 5.41) is 4.99. The Labute approximate surface area is 140 Å². The second kappa shape index (κ2) is 6.24. The van der Waals surface area contributed by atoms with Gasteiger partial charge in [-0.25, -0.2) is 4.98 Å². The quantitative estimate of drug-likeness (QED) is 0.723. The molecule has 3 aromatic rings. The molecular formula is C18H20N4S. The lowest BCUT2D eigenvalue weighted by Gasteiger charge is -2.15. The molecule has 0 bridgehead atoms. The van der Waals surface area contributed by atoms with E-state index >= 15 is 0 Å². The minimum Gasteiger partial charge on any atom is -0.384 e. The highest BCUT2D eigenvalue weighted by Gasteiger charge is 2.18. The number of aryl methyl sites for hydroxylation is 3. The van der Waals surface area contributed by atoms with Gasteiger partial charge in [0.25, 0.3) is 0 Å². The number of nitrogens with one attached hydrogen (secondary N) is 1. The van der Waals surface area contributed by atoms with E-state index < -0.39 is 0 Å². The third-order valence-corrected chi connectivity index (χ3v) is 5.45. The molecule has 0 spiro atoms. The van der Waals surface area contributed by atoms with Gasteiger partial charge in [-0.15, -0.1) is 11.8 Å². The third-order valence-electron chi connectivity index (χ3n) is 4.35. The van der Waals surface area contributed by atoms with Crippen molar-refractivity contribution in [2.45, 2.75) is 31.2 Å². The Bertz CT molecular complexity index is 827. The number of imidazole rings is 1. The van der Waals surface area contributed by atoms with Crippen LogP contribution in [0, 0.1) is 6.92 Å². The molecule has 23 heavy (non-hydrogen) atoms. The highest BCUT2D eigenvalue weighted by molar-refractivity contribution is 7.99. The van der Waals surface area contributed by atoms with Gasteiger partial charge in [0, 0.05) is 53.4 Å². The van der Waals surface area contributed by atoms with Crippen LogP contribution in [0.5, 0.6) is 0 Å². The summed E-state index contributed by atoms with van der Waals surface area (Å²) < 4.78 is 2.12. The SMILES string of the molecule is Cc1cnc2ccc3c(c2c1NCCCn1ccnc1)CCS3. The molecule has 0 unspecified atom stereocenters. The molecule has 3 heterocycles. The van der Waals surface area contributed by atoms with Crippen molar-refractivity contribution in [3.63, 3.8) is 0 Å². The van der Waals surface area contributed by atoms with E-state index in [-0.39, 0.29) is 0 Å². The van der Waals surface area contributed by atoms with E-state index in [9.17, 15) is 0 Å². The van der Waals surface area contributed by atoms with Gasteiger partial charge >= 0.3 is 0 Å². The van der Waals surface area contributed by atoms with Crippen molar-refractivity contribution in [2.24, 2.45) is 0 Å². The van der Waals surface area contributed by atoms with Gasteiger partial charge in [0.15, 0.2) is 0 Å². The van der Waals surface area contributed by atoms with E-state index in [1.54, 1.807) is 0 Å². The molecule has 1 N–H and O–H groups in total. The summed E-state index contributed by atoms with van der Waals surface area (Å²) in [4.78, 5) is 10.1. The highest BCUT2D eigenvalue weighted by atomic mass is 32.2. The van der Waals surface area contributed by atoms with Gasteiger partial charge in [0.2, 0.25) is 0 Å². The van der Waals surface area contributed by atoms with Crippen molar-refractivity contribution in [1.29, 1.82) is 0 Å². The van der Waals surface area contributed by atoms with Crippen LogP contribution in [0.3, 0.4) is 0 Å². The lowest BCUT2D eigenvalue weighted by molar-refractivity contribution is 0.661. The number of pyridine rings is 1. The van der Waals surface area contributed by atoms with Gasteiger partial charge in [-0.1, -0.05) is 0 Å². The predicted octanol–water partition coefficient (Wildman–Crippen LogP) is 3.89. The van der Waals surface area contributed by atoms with E-state index in [0.717, 1.165) is 31.4 Å². The molecule has 0 amide bonds. The Morgan fingerprint density at radius 3 is 3.17 bits per heavy atom. The standard InChI is InChI=1S/C18H20N4S/c1-13-11-21-15-3-4-16-14(5-10-23-16)17(15)18(13)20-6-2-8-22-9-7-19-12-22/h3-4,7,9,11-12H,2,5-6,8,10H2,1H3,(H,20,21). The minimum atomic E-state index is 0.953. The predicted molar refractivity (Wildman–Crippen MR) is 96.2 cm³/mol. The van der Waals surface area contributed by atoms with Crippen LogP contribution in [0.1, 0.15) is 17.5 Å². The molecule has 1 aromatic carbocycles. The molecule has 5 heteroatoms. The van der Waals surface area contributed by atoms with Gasteiger partial charge in [-0.2, -0.15) is 0 Å². The second-order valence-corrected chi connectivity index (χ2v) is 7.07. The smallest absolute Gasteiger partial charge is 0.0945 e. The average Bonchev–Trinajstić information content (AvgIpc) is 3.24. The van der Waals surface area contributed by atoms with Crippen molar-refractivity contribution in [3.05, 3.63) is 48.2 Å². The maximum Gasteiger partial charge on any atom is 0.0945 e. The van der Waals surface area contributed by atoms with Gasteiger partial charge in [0.05, 0.1) is 11.8 Å². The average molecular weight is 324 g/mol. The first-order valence-corrected chi connectivity index (χ1v) is 9.05. The van der Waals surface area contributed by atoms with E-state index in [0.29, 0.717) is 0 Å². The Balaban J connectivity index is 1.58. The van der Waals surface area contributed by atoms with Crippen LogP contribution in [0.2, 0.25) is 0 Å². The molecule has 0 aliphatic carbocycles. The van der Waals surface area contributed by atoms with E-state index in [1.165, 1.54) is 32.8 Å². The molecule has 4 rings (SSSR count). The number of anilines is 1. The Kier molecular flexibility index (Phi) is 3.95. The number of hydrogen-bond acceptors (Lipinski definition) is 4. The third kappa shape index (κ3) is 2.81. The summed E-state index contributed by atoms with van der Waals surface area (Å²) in [5.41, 5.74) is 5.07. The minimum absolute atomic E-state index is 0.953. The first-order chi connectivity index (χ1) is 11.3. The van der Waals surface area contributed by atoms with Gasteiger partial charge in [-0.3, -0.25) is 4.98 Å². The fourth-order valence-electron chi connectivity index (χ4n) is 3.20. The number of nitrogens with zero attached hydrogens (tertiary/aromatic N) is 3. The van der Waals surface area contributed by atoms with Crippen molar-refractivity contribution < 1.29 is 0 Å². The molecule has 0 atom stereocenters. The largest absolute Gasteiger partial charge is 0.384 e. The van der Waals surface area contributed by atoms with E-state index in [4.69, 9.17) is 0 Å². The Morgan fingerprint density at radius 2 is 2.30 bits per heavy atom. The topological polar surface area (TPSA) is 42.7 Å².